The van der Waals surface area contributed by atoms with Gasteiger partial charge < -0.3 is 14.8 Å². The lowest BCUT2D eigenvalue weighted by Crippen LogP contribution is -2.18. The smallest absolute Gasteiger partial charge is 0.286 e. The summed E-state index contributed by atoms with van der Waals surface area (Å²) in [5, 5.41) is 27.4. The third-order valence-electron chi connectivity index (χ3n) is 3.93. The van der Waals surface area contributed by atoms with Gasteiger partial charge in [-0.15, -0.1) is 0 Å². The van der Waals surface area contributed by atoms with Crippen molar-refractivity contribution in [3.8, 4) is 23.4 Å². The van der Waals surface area contributed by atoms with Crippen LogP contribution in [0.25, 0.3) is 5.82 Å². The van der Waals surface area contributed by atoms with E-state index < -0.39 is 16.5 Å². The minimum Gasteiger partial charge on any atom is -0.493 e. The van der Waals surface area contributed by atoms with Crippen molar-refractivity contribution in [2.75, 3.05) is 19.5 Å². The number of nitrogens with one attached hydrogen (secondary N) is 1. The number of nitrogens with zero attached hydrogens (tertiary/aromatic N) is 5. The summed E-state index contributed by atoms with van der Waals surface area (Å²) in [6.45, 7) is 0. The Bertz CT molecular complexity index is 1120. The second-order valence-corrected chi connectivity index (χ2v) is 5.55. The molecule has 29 heavy (non-hydrogen) atoms. The number of carbonyl (C=O) groups is 1. The summed E-state index contributed by atoms with van der Waals surface area (Å²) in [7, 11) is 2.67. The molecule has 1 amide bonds. The van der Waals surface area contributed by atoms with Crippen LogP contribution < -0.4 is 14.8 Å². The predicted molar refractivity (Wildman–Crippen MR) is 100 cm³/mol. The first-order valence-electron chi connectivity index (χ1n) is 8.11. The maximum absolute atomic E-state index is 12.9. The largest absolute Gasteiger partial charge is 0.493 e. The Balaban J connectivity index is 2.07. The molecule has 0 unspecified atom stereocenters. The summed E-state index contributed by atoms with van der Waals surface area (Å²) in [5.41, 5.74) is -0.694. The fourth-order valence-corrected chi connectivity index (χ4v) is 2.58. The van der Waals surface area contributed by atoms with E-state index in [0.29, 0.717) is 5.82 Å². The first-order chi connectivity index (χ1) is 14.0. The minimum absolute atomic E-state index is 0.0280. The number of nitriles is 1. The molecule has 0 aliphatic rings. The van der Waals surface area contributed by atoms with E-state index in [1.54, 1.807) is 18.2 Å². The van der Waals surface area contributed by atoms with Crippen LogP contribution in [-0.4, -0.2) is 39.8 Å². The van der Waals surface area contributed by atoms with Gasteiger partial charge in [0.05, 0.1) is 31.4 Å². The zero-order valence-corrected chi connectivity index (χ0v) is 15.3. The Hall–Kier alpha value is -4.46. The van der Waals surface area contributed by atoms with E-state index in [2.05, 4.69) is 15.4 Å². The van der Waals surface area contributed by atoms with Crippen molar-refractivity contribution < 1.29 is 19.2 Å². The molecular formula is C18H14N6O5. The summed E-state index contributed by atoms with van der Waals surface area (Å²) < 4.78 is 11.4. The fraction of sp³-hybridized carbons (Fsp3) is 0.111. The van der Waals surface area contributed by atoms with Gasteiger partial charge in [-0.25, -0.2) is 4.98 Å². The molecule has 0 fully saturated rings. The fourth-order valence-electron chi connectivity index (χ4n) is 2.58. The van der Waals surface area contributed by atoms with Gasteiger partial charge in [-0.05, 0) is 12.1 Å². The number of carbonyl (C=O) groups excluding carboxylic acids is 1. The van der Waals surface area contributed by atoms with Gasteiger partial charge in [0.1, 0.15) is 17.2 Å². The lowest BCUT2D eigenvalue weighted by atomic mass is 10.1. The molecule has 0 bridgehead atoms. The highest BCUT2D eigenvalue weighted by molar-refractivity contribution is 6.07. The maximum atomic E-state index is 12.9. The summed E-state index contributed by atoms with van der Waals surface area (Å²) in [6, 6.07) is 9.24. The van der Waals surface area contributed by atoms with Gasteiger partial charge in [0.25, 0.3) is 11.6 Å². The average molecular weight is 394 g/mol. The molecule has 3 rings (SSSR count). The quantitative estimate of drug-likeness (QED) is 0.495. The number of benzene rings is 1. The zero-order chi connectivity index (χ0) is 21.0. The second kappa shape index (κ2) is 8.05. The standard InChI is InChI=1S/C18H14N6O5/c1-28-14-7-12(13(24(26)27)8-15(14)29-2)18(25)22-17-11(9-19)10-21-23(17)16-5-3-4-6-20-16/h3-8,10H,1-2H3,(H,22,25). The molecule has 1 N–H and O–H groups in total. The number of hydrogen-bond acceptors (Lipinski definition) is 8. The van der Waals surface area contributed by atoms with E-state index in [9.17, 15) is 20.2 Å². The number of anilines is 1. The van der Waals surface area contributed by atoms with Crippen molar-refractivity contribution >= 4 is 17.4 Å². The van der Waals surface area contributed by atoms with Crippen LogP contribution in [0.4, 0.5) is 11.5 Å². The molecule has 0 atom stereocenters. The minimum atomic E-state index is -0.827. The monoisotopic (exact) mass is 394 g/mol. The first-order valence-corrected chi connectivity index (χ1v) is 8.11. The number of aromatic nitrogens is 3. The molecule has 0 spiro atoms. The van der Waals surface area contributed by atoms with Gasteiger partial charge in [0.2, 0.25) is 0 Å². The van der Waals surface area contributed by atoms with Crippen LogP contribution >= 0.6 is 0 Å². The number of nitro groups is 1. The molecular weight excluding hydrogens is 380 g/mol. The predicted octanol–water partition coefficient (Wildman–Crippen LogP) is 2.32. The zero-order valence-electron chi connectivity index (χ0n) is 15.3. The Morgan fingerprint density at radius 1 is 1.28 bits per heavy atom. The molecule has 11 heteroatoms. The summed E-state index contributed by atoms with van der Waals surface area (Å²) in [5.74, 6) is -0.202. The number of nitro benzene ring substituents is 1. The average Bonchev–Trinajstić information content (AvgIpc) is 3.15. The van der Waals surface area contributed by atoms with E-state index in [1.807, 2.05) is 6.07 Å². The third kappa shape index (κ3) is 3.67. The van der Waals surface area contributed by atoms with Crippen LogP contribution in [0.15, 0.2) is 42.7 Å². The van der Waals surface area contributed by atoms with E-state index in [4.69, 9.17) is 9.47 Å². The molecule has 0 radical (unpaired) electrons. The van der Waals surface area contributed by atoms with E-state index >= 15 is 0 Å². The summed E-state index contributed by atoms with van der Waals surface area (Å²) in [6.07, 6.45) is 2.78. The van der Waals surface area contributed by atoms with E-state index in [-0.39, 0.29) is 28.4 Å². The third-order valence-corrected chi connectivity index (χ3v) is 3.93. The maximum Gasteiger partial charge on any atom is 0.286 e. The van der Waals surface area contributed by atoms with Crippen LogP contribution in [0, 0.1) is 21.4 Å². The number of ether oxygens (including phenoxy) is 2. The van der Waals surface area contributed by atoms with Gasteiger partial charge in [0.15, 0.2) is 23.1 Å². The normalized spacial score (nSPS) is 10.1. The van der Waals surface area contributed by atoms with E-state index in [0.717, 1.165) is 6.07 Å². The Morgan fingerprint density at radius 3 is 2.59 bits per heavy atom. The van der Waals surface area contributed by atoms with Crippen LogP contribution in [0.3, 0.4) is 0 Å². The van der Waals surface area contributed by atoms with Crippen LogP contribution in [0.5, 0.6) is 11.5 Å². The second-order valence-electron chi connectivity index (χ2n) is 5.55. The Kier molecular flexibility index (Phi) is 5.36. The molecule has 3 aromatic rings. The van der Waals surface area contributed by atoms with Crippen molar-refractivity contribution in [2.45, 2.75) is 0 Å². The van der Waals surface area contributed by atoms with Gasteiger partial charge in [-0.3, -0.25) is 14.9 Å². The highest BCUT2D eigenvalue weighted by Gasteiger charge is 2.26. The van der Waals surface area contributed by atoms with Gasteiger partial charge >= 0.3 is 0 Å². The number of hydrogen-bond donors (Lipinski definition) is 1. The summed E-state index contributed by atoms with van der Waals surface area (Å²) >= 11 is 0. The molecule has 0 saturated carbocycles. The highest BCUT2D eigenvalue weighted by Crippen LogP contribution is 2.35. The van der Waals surface area contributed by atoms with Crippen molar-refractivity contribution in [1.82, 2.24) is 14.8 Å². The van der Waals surface area contributed by atoms with Crippen molar-refractivity contribution in [3.63, 3.8) is 0 Å². The number of amides is 1. The van der Waals surface area contributed by atoms with E-state index in [1.165, 1.54) is 37.4 Å². The van der Waals surface area contributed by atoms with Crippen molar-refractivity contribution in [3.05, 3.63) is 64.0 Å². The Morgan fingerprint density at radius 2 is 2.00 bits per heavy atom. The first kappa shape index (κ1) is 19.3. The number of pyridine rings is 1. The lowest BCUT2D eigenvalue weighted by Gasteiger charge is -2.12. The van der Waals surface area contributed by atoms with Gasteiger partial charge in [0, 0.05) is 12.3 Å². The molecule has 146 valence electrons. The topological polar surface area (TPSA) is 145 Å². The highest BCUT2D eigenvalue weighted by atomic mass is 16.6. The number of methoxy groups -OCH3 is 2. The molecule has 2 heterocycles. The van der Waals surface area contributed by atoms with Crippen LogP contribution in [-0.2, 0) is 0 Å². The summed E-state index contributed by atoms with van der Waals surface area (Å²) in [4.78, 5) is 27.7. The molecule has 0 aliphatic heterocycles. The molecule has 2 aromatic heterocycles. The SMILES string of the molecule is COc1cc(C(=O)Nc2c(C#N)cnn2-c2ccccn2)c([N+](=O)[O-])cc1OC. The van der Waals surface area contributed by atoms with Crippen LogP contribution in [0.1, 0.15) is 15.9 Å². The van der Waals surface area contributed by atoms with Gasteiger partial charge in [-0.2, -0.15) is 15.0 Å². The van der Waals surface area contributed by atoms with Gasteiger partial charge in [-0.1, -0.05) is 6.07 Å². The molecule has 1 aromatic carbocycles. The van der Waals surface area contributed by atoms with Crippen LogP contribution in [0.2, 0.25) is 0 Å². The van der Waals surface area contributed by atoms with Crippen molar-refractivity contribution in [2.24, 2.45) is 0 Å². The number of rotatable bonds is 6. The molecule has 11 nitrogen and oxygen atoms in total. The molecule has 0 aliphatic carbocycles. The molecule has 0 saturated heterocycles. The lowest BCUT2D eigenvalue weighted by molar-refractivity contribution is -0.385. The Labute approximate surface area is 164 Å². The van der Waals surface area contributed by atoms with Crippen molar-refractivity contribution in [1.29, 1.82) is 5.26 Å².